The van der Waals surface area contributed by atoms with Crippen LogP contribution in [0.3, 0.4) is 0 Å². The molecule has 2 aromatic carbocycles. The Bertz CT molecular complexity index is 335. The summed E-state index contributed by atoms with van der Waals surface area (Å²) in [7, 11) is 0. The fourth-order valence-electron chi connectivity index (χ4n) is 1.07. The van der Waals surface area contributed by atoms with Gasteiger partial charge >= 0.3 is 0 Å². The van der Waals surface area contributed by atoms with Crippen LogP contribution in [0.15, 0.2) is 48.5 Å². The van der Waals surface area contributed by atoms with Crippen molar-refractivity contribution in [1.29, 1.82) is 0 Å². The van der Waals surface area contributed by atoms with E-state index in [4.69, 9.17) is 23.2 Å². The number of rotatable bonds is 0. The van der Waals surface area contributed by atoms with Crippen LogP contribution in [0.4, 0.5) is 0 Å². The molecule has 0 aliphatic carbocycles. The van der Waals surface area contributed by atoms with Gasteiger partial charge in [-0.25, -0.2) is 0 Å². The first-order valence-corrected chi connectivity index (χ1v) is 5.78. The fraction of sp³-hybridized carbons (Fsp3) is 0.143. The minimum absolute atomic E-state index is 0. The van der Waals surface area contributed by atoms with Gasteiger partial charge in [-0.15, -0.1) is 0 Å². The second kappa shape index (κ2) is 8.13. The molecule has 0 spiro atoms. The van der Waals surface area contributed by atoms with Gasteiger partial charge in [0.05, 0.1) is 0 Å². The smallest absolute Gasteiger partial charge is 0.0406 e. The topological polar surface area (TPSA) is 31.5 Å². The number of hydrogen-bond donors (Lipinski definition) is 0. The van der Waals surface area contributed by atoms with Crippen LogP contribution in [0.25, 0.3) is 0 Å². The lowest BCUT2D eigenvalue weighted by molar-refractivity contribution is 0.824. The largest absolute Gasteiger partial charge is 0.412 e. The zero-order chi connectivity index (χ0) is 12.0. The van der Waals surface area contributed by atoms with Crippen molar-refractivity contribution in [1.82, 2.24) is 0 Å². The highest BCUT2D eigenvalue weighted by molar-refractivity contribution is 6.30. The molecule has 0 aliphatic heterocycles. The first kappa shape index (κ1) is 16.0. The average molecular weight is 271 g/mol. The highest BCUT2D eigenvalue weighted by atomic mass is 35.5. The summed E-state index contributed by atoms with van der Waals surface area (Å²) in [6.07, 6.45) is 0. The van der Waals surface area contributed by atoms with Crippen molar-refractivity contribution < 1.29 is 5.48 Å². The lowest BCUT2D eigenvalue weighted by Crippen LogP contribution is -1.66. The summed E-state index contributed by atoms with van der Waals surface area (Å²) in [5.41, 5.74) is 2.49. The molecule has 0 aromatic heterocycles. The van der Waals surface area contributed by atoms with Crippen LogP contribution in [-0.4, -0.2) is 5.48 Å². The summed E-state index contributed by atoms with van der Waals surface area (Å²) in [4.78, 5) is 0. The Labute approximate surface area is 112 Å². The zero-order valence-electron chi connectivity index (χ0n) is 9.87. The molecule has 0 amide bonds. The molecule has 17 heavy (non-hydrogen) atoms. The molecule has 92 valence electrons. The molecule has 2 N–H and O–H groups in total. The first-order valence-electron chi connectivity index (χ1n) is 5.02. The highest BCUT2D eigenvalue weighted by Gasteiger charge is 1.82. The van der Waals surface area contributed by atoms with Gasteiger partial charge in [0.2, 0.25) is 0 Å². The standard InChI is InChI=1S/2C7H7Cl.H2O/c2*1-6-2-4-7(8)5-3-6;/h2*2-5H,1H3;1H2. The van der Waals surface area contributed by atoms with Gasteiger partial charge in [-0.2, -0.15) is 0 Å². The lowest BCUT2D eigenvalue weighted by Gasteiger charge is -1.88. The highest BCUT2D eigenvalue weighted by Crippen LogP contribution is 2.08. The number of hydrogen-bond acceptors (Lipinski definition) is 0. The van der Waals surface area contributed by atoms with Crippen LogP contribution >= 0.6 is 23.2 Å². The van der Waals surface area contributed by atoms with E-state index in [-0.39, 0.29) is 5.48 Å². The fourth-order valence-corrected chi connectivity index (χ4v) is 1.32. The van der Waals surface area contributed by atoms with E-state index in [9.17, 15) is 0 Å². The van der Waals surface area contributed by atoms with Crippen molar-refractivity contribution in [2.75, 3.05) is 0 Å². The average Bonchev–Trinajstić information content (AvgIpc) is 2.28. The molecular weight excluding hydrogens is 255 g/mol. The summed E-state index contributed by atoms with van der Waals surface area (Å²) >= 11 is 11.2. The van der Waals surface area contributed by atoms with Crippen LogP contribution in [-0.2, 0) is 0 Å². The van der Waals surface area contributed by atoms with E-state index in [1.165, 1.54) is 11.1 Å². The summed E-state index contributed by atoms with van der Waals surface area (Å²) < 4.78 is 0. The van der Waals surface area contributed by atoms with Crippen molar-refractivity contribution >= 4 is 23.2 Å². The van der Waals surface area contributed by atoms with E-state index in [0.29, 0.717) is 0 Å². The van der Waals surface area contributed by atoms with E-state index in [1.54, 1.807) is 0 Å². The van der Waals surface area contributed by atoms with Gasteiger partial charge in [-0.3, -0.25) is 0 Å². The third-order valence-electron chi connectivity index (χ3n) is 2.02. The minimum Gasteiger partial charge on any atom is -0.412 e. The Morgan fingerprint density at radius 3 is 1.00 bits per heavy atom. The molecule has 1 nitrogen and oxygen atoms in total. The third kappa shape index (κ3) is 7.01. The van der Waals surface area contributed by atoms with Crippen LogP contribution in [0.1, 0.15) is 11.1 Å². The second-order valence-corrected chi connectivity index (χ2v) is 4.46. The van der Waals surface area contributed by atoms with Crippen molar-refractivity contribution in [2.45, 2.75) is 13.8 Å². The number of aryl methyl sites for hydroxylation is 2. The zero-order valence-corrected chi connectivity index (χ0v) is 11.4. The molecule has 3 heteroatoms. The monoisotopic (exact) mass is 270 g/mol. The van der Waals surface area contributed by atoms with Crippen molar-refractivity contribution in [2.24, 2.45) is 0 Å². The molecule has 0 bridgehead atoms. The third-order valence-corrected chi connectivity index (χ3v) is 2.53. The Hall–Kier alpha value is -1.02. The molecule has 0 heterocycles. The number of halogens is 2. The molecule has 2 aromatic rings. The quantitative estimate of drug-likeness (QED) is 0.677. The van der Waals surface area contributed by atoms with E-state index < -0.39 is 0 Å². The molecular formula is C14H16Cl2O. The van der Waals surface area contributed by atoms with Gasteiger partial charge in [-0.1, -0.05) is 58.6 Å². The van der Waals surface area contributed by atoms with Crippen molar-refractivity contribution in [3.8, 4) is 0 Å². The van der Waals surface area contributed by atoms with Gasteiger partial charge in [0.15, 0.2) is 0 Å². The Balaban J connectivity index is 0.000000284. The van der Waals surface area contributed by atoms with Crippen molar-refractivity contribution in [3.05, 3.63) is 69.7 Å². The molecule has 0 radical (unpaired) electrons. The molecule has 0 saturated heterocycles. The van der Waals surface area contributed by atoms with E-state index in [2.05, 4.69) is 0 Å². The maximum Gasteiger partial charge on any atom is 0.0406 e. The Morgan fingerprint density at radius 2 is 0.824 bits per heavy atom. The van der Waals surface area contributed by atoms with E-state index in [1.807, 2.05) is 62.4 Å². The SMILES string of the molecule is Cc1ccc(Cl)cc1.Cc1ccc(Cl)cc1.O. The van der Waals surface area contributed by atoms with Crippen molar-refractivity contribution in [3.63, 3.8) is 0 Å². The van der Waals surface area contributed by atoms with E-state index in [0.717, 1.165) is 10.0 Å². The molecule has 0 fully saturated rings. The summed E-state index contributed by atoms with van der Waals surface area (Å²) in [5, 5.41) is 1.60. The Morgan fingerprint density at radius 1 is 0.588 bits per heavy atom. The van der Waals surface area contributed by atoms with Gasteiger partial charge < -0.3 is 5.48 Å². The first-order chi connectivity index (χ1) is 7.58. The Kier molecular flexibility index (Phi) is 7.64. The minimum atomic E-state index is 0. The summed E-state index contributed by atoms with van der Waals surface area (Å²) in [5.74, 6) is 0. The van der Waals surface area contributed by atoms with Crippen LogP contribution in [0, 0.1) is 13.8 Å². The van der Waals surface area contributed by atoms with Crippen LogP contribution in [0.5, 0.6) is 0 Å². The molecule has 2 rings (SSSR count). The molecule has 0 unspecified atom stereocenters. The van der Waals surface area contributed by atoms with Gasteiger partial charge in [0.25, 0.3) is 0 Å². The van der Waals surface area contributed by atoms with Gasteiger partial charge in [0.1, 0.15) is 0 Å². The van der Waals surface area contributed by atoms with Crippen LogP contribution in [0.2, 0.25) is 10.0 Å². The summed E-state index contributed by atoms with van der Waals surface area (Å²) in [6, 6.07) is 15.5. The second-order valence-electron chi connectivity index (χ2n) is 3.59. The van der Waals surface area contributed by atoms with Crippen LogP contribution < -0.4 is 0 Å². The molecule has 0 aliphatic rings. The lowest BCUT2D eigenvalue weighted by atomic mass is 10.2. The maximum absolute atomic E-state index is 5.61. The van der Waals surface area contributed by atoms with E-state index >= 15 is 0 Å². The number of benzene rings is 2. The van der Waals surface area contributed by atoms with Gasteiger partial charge in [-0.05, 0) is 38.1 Å². The summed E-state index contributed by atoms with van der Waals surface area (Å²) in [6.45, 7) is 4.08. The molecule has 0 saturated carbocycles. The predicted octanol–water partition coefficient (Wildman–Crippen LogP) is 4.47. The molecule has 0 atom stereocenters. The maximum atomic E-state index is 5.61. The normalized spacial score (nSPS) is 8.71. The predicted molar refractivity (Wildman–Crippen MR) is 76.0 cm³/mol. The van der Waals surface area contributed by atoms with Gasteiger partial charge in [0, 0.05) is 10.0 Å².